The highest BCUT2D eigenvalue weighted by Gasteiger charge is 2.24. The lowest BCUT2D eigenvalue weighted by molar-refractivity contribution is 0.120. The van der Waals surface area contributed by atoms with Crippen LogP contribution in [0.4, 0.5) is 4.79 Å². The Labute approximate surface area is 97.6 Å². The van der Waals surface area contributed by atoms with E-state index >= 15 is 0 Å². The van der Waals surface area contributed by atoms with E-state index in [4.69, 9.17) is 21.4 Å². The quantitative estimate of drug-likeness (QED) is 0.707. The lowest BCUT2D eigenvalue weighted by Crippen LogP contribution is -2.34. The van der Waals surface area contributed by atoms with Gasteiger partial charge in [-0.25, -0.2) is 9.78 Å². The Balaban J connectivity index is 2.35. The van der Waals surface area contributed by atoms with Crippen molar-refractivity contribution < 1.29 is 14.6 Å². The molecule has 6 heteroatoms. The van der Waals surface area contributed by atoms with Gasteiger partial charge in [-0.05, 0) is 19.1 Å². The van der Waals surface area contributed by atoms with Crippen LogP contribution in [0.15, 0.2) is 12.1 Å². The molecular weight excluding hydrogens is 232 g/mol. The molecule has 1 N–H and O–H groups in total. The van der Waals surface area contributed by atoms with Gasteiger partial charge in [-0.2, -0.15) is 0 Å². The number of hydrogen-bond donors (Lipinski definition) is 1. The zero-order chi connectivity index (χ0) is 11.7. The van der Waals surface area contributed by atoms with Crippen LogP contribution >= 0.6 is 11.6 Å². The number of aromatic nitrogens is 1. The molecular formula is C10H11ClN2O3. The van der Waals surface area contributed by atoms with E-state index in [2.05, 4.69) is 4.98 Å². The molecule has 1 aromatic heterocycles. The molecule has 0 unspecified atom stereocenters. The van der Waals surface area contributed by atoms with Crippen LogP contribution in [0.1, 0.15) is 12.5 Å². The molecule has 5 nitrogen and oxygen atoms in total. The molecule has 0 saturated heterocycles. The summed E-state index contributed by atoms with van der Waals surface area (Å²) in [7, 11) is 0. The van der Waals surface area contributed by atoms with Crippen LogP contribution in [0.5, 0.6) is 5.88 Å². The highest BCUT2D eigenvalue weighted by atomic mass is 35.5. The normalized spacial score (nSPS) is 19.6. The third kappa shape index (κ3) is 2.19. The summed E-state index contributed by atoms with van der Waals surface area (Å²) in [5, 5.41) is 9.33. The summed E-state index contributed by atoms with van der Waals surface area (Å²) in [6, 6.07) is 3.36. The highest BCUT2D eigenvalue weighted by molar-refractivity contribution is 6.29. The second-order valence-electron chi connectivity index (χ2n) is 3.69. The number of fused-ring (bicyclic) bond motifs is 1. The minimum Gasteiger partial charge on any atom is -0.472 e. The molecule has 1 amide bonds. The van der Waals surface area contributed by atoms with Crippen molar-refractivity contribution in [2.45, 2.75) is 19.6 Å². The minimum absolute atomic E-state index is 0.233. The molecule has 2 heterocycles. The molecule has 1 aliphatic rings. The van der Waals surface area contributed by atoms with Gasteiger partial charge in [0, 0.05) is 5.56 Å². The van der Waals surface area contributed by atoms with Gasteiger partial charge in [0.05, 0.1) is 13.1 Å². The molecule has 1 aliphatic heterocycles. The summed E-state index contributed by atoms with van der Waals surface area (Å²) < 4.78 is 5.52. The minimum atomic E-state index is -0.960. The molecule has 1 atom stereocenters. The lowest BCUT2D eigenvalue weighted by atomic mass is 10.2. The molecule has 1 aromatic rings. The number of rotatable bonds is 0. The van der Waals surface area contributed by atoms with E-state index in [9.17, 15) is 4.79 Å². The van der Waals surface area contributed by atoms with E-state index in [0.717, 1.165) is 5.56 Å². The predicted octanol–water partition coefficient (Wildman–Crippen LogP) is 2.00. The molecule has 0 radical (unpaired) electrons. The van der Waals surface area contributed by atoms with E-state index in [1.54, 1.807) is 19.1 Å². The third-order valence-corrected chi connectivity index (χ3v) is 2.54. The fourth-order valence-electron chi connectivity index (χ4n) is 1.62. The summed E-state index contributed by atoms with van der Waals surface area (Å²) in [5.74, 6) is 0.420. The van der Waals surface area contributed by atoms with Gasteiger partial charge in [-0.3, -0.25) is 0 Å². The first kappa shape index (κ1) is 11.0. The topological polar surface area (TPSA) is 62.7 Å². The zero-order valence-electron chi connectivity index (χ0n) is 8.68. The average Bonchev–Trinajstić information content (AvgIpc) is 2.35. The maximum atomic E-state index is 11.0. The molecule has 0 spiro atoms. The van der Waals surface area contributed by atoms with Crippen molar-refractivity contribution in [2.75, 3.05) is 6.54 Å². The Hall–Kier alpha value is -1.49. The van der Waals surface area contributed by atoms with Gasteiger partial charge >= 0.3 is 6.09 Å². The van der Waals surface area contributed by atoms with Crippen molar-refractivity contribution in [2.24, 2.45) is 0 Å². The SMILES string of the molecule is C[C@H]1CN(C(=O)O)Cc2ccc(Cl)nc2O1. The van der Waals surface area contributed by atoms with E-state index < -0.39 is 6.09 Å². The number of amides is 1. The van der Waals surface area contributed by atoms with Crippen molar-refractivity contribution in [1.82, 2.24) is 9.88 Å². The molecule has 0 bridgehead atoms. The second-order valence-corrected chi connectivity index (χ2v) is 4.08. The van der Waals surface area contributed by atoms with Gasteiger partial charge in [0.25, 0.3) is 0 Å². The first-order valence-electron chi connectivity index (χ1n) is 4.86. The number of carbonyl (C=O) groups is 1. The van der Waals surface area contributed by atoms with Crippen LogP contribution in [0.2, 0.25) is 5.15 Å². The van der Waals surface area contributed by atoms with Gasteiger partial charge in [0.15, 0.2) is 0 Å². The van der Waals surface area contributed by atoms with Gasteiger partial charge in [-0.15, -0.1) is 0 Å². The summed E-state index contributed by atoms with van der Waals surface area (Å²) in [4.78, 5) is 16.3. The van der Waals surface area contributed by atoms with E-state index in [0.29, 0.717) is 17.6 Å². The maximum Gasteiger partial charge on any atom is 0.407 e. The summed E-state index contributed by atoms with van der Waals surface area (Å²) in [6.45, 7) is 2.40. The number of carboxylic acid groups (broad SMARTS) is 1. The summed E-state index contributed by atoms with van der Waals surface area (Å²) in [6.07, 6.45) is -1.19. The molecule has 86 valence electrons. The van der Waals surface area contributed by atoms with Gasteiger partial charge in [0.1, 0.15) is 11.3 Å². The molecule has 0 saturated carbocycles. The molecule has 2 rings (SSSR count). The lowest BCUT2D eigenvalue weighted by Gasteiger charge is -2.17. The monoisotopic (exact) mass is 242 g/mol. The van der Waals surface area contributed by atoms with Crippen molar-refractivity contribution in [1.29, 1.82) is 0 Å². The Bertz CT molecular complexity index is 425. The van der Waals surface area contributed by atoms with Gasteiger partial charge < -0.3 is 14.7 Å². The van der Waals surface area contributed by atoms with Crippen molar-refractivity contribution in [3.8, 4) is 5.88 Å². The average molecular weight is 243 g/mol. The third-order valence-electron chi connectivity index (χ3n) is 2.33. The van der Waals surface area contributed by atoms with E-state index in [1.165, 1.54) is 4.90 Å². The van der Waals surface area contributed by atoms with Crippen molar-refractivity contribution in [3.05, 3.63) is 22.8 Å². The molecule has 0 aliphatic carbocycles. The highest BCUT2D eigenvalue weighted by Crippen LogP contribution is 2.24. The van der Waals surface area contributed by atoms with Crippen molar-refractivity contribution >= 4 is 17.7 Å². The Morgan fingerprint density at radius 1 is 1.69 bits per heavy atom. The van der Waals surface area contributed by atoms with Crippen LogP contribution in [0, 0.1) is 0 Å². The summed E-state index contributed by atoms with van der Waals surface area (Å²) in [5.41, 5.74) is 0.733. The van der Waals surface area contributed by atoms with E-state index in [1.807, 2.05) is 0 Å². The fourth-order valence-corrected chi connectivity index (χ4v) is 1.76. The van der Waals surface area contributed by atoms with Crippen molar-refractivity contribution in [3.63, 3.8) is 0 Å². The standard InChI is InChI=1S/C10H11ClN2O3/c1-6-4-13(10(14)15)5-7-2-3-8(11)12-9(7)16-6/h2-3,6H,4-5H2,1H3,(H,14,15)/t6-/m0/s1. The number of pyridine rings is 1. The first-order chi connectivity index (χ1) is 7.56. The maximum absolute atomic E-state index is 11.0. The largest absolute Gasteiger partial charge is 0.472 e. The molecule has 0 aromatic carbocycles. The van der Waals surface area contributed by atoms with E-state index in [-0.39, 0.29) is 12.6 Å². The molecule has 16 heavy (non-hydrogen) atoms. The molecule has 0 fully saturated rings. The van der Waals surface area contributed by atoms with Crippen LogP contribution in [0.3, 0.4) is 0 Å². The number of nitrogens with zero attached hydrogens (tertiary/aromatic N) is 2. The summed E-state index contributed by atoms with van der Waals surface area (Å²) >= 11 is 5.76. The van der Waals surface area contributed by atoms with Crippen LogP contribution < -0.4 is 4.74 Å². The smallest absolute Gasteiger partial charge is 0.407 e. The van der Waals surface area contributed by atoms with Crippen LogP contribution in [-0.4, -0.2) is 33.7 Å². The Morgan fingerprint density at radius 2 is 2.44 bits per heavy atom. The van der Waals surface area contributed by atoms with Crippen LogP contribution in [0.25, 0.3) is 0 Å². The Morgan fingerprint density at radius 3 is 3.12 bits per heavy atom. The Kier molecular flexibility index (Phi) is 2.87. The predicted molar refractivity (Wildman–Crippen MR) is 57.8 cm³/mol. The van der Waals surface area contributed by atoms with Gasteiger partial charge in [0.2, 0.25) is 5.88 Å². The number of ether oxygens (including phenoxy) is 1. The number of hydrogen-bond acceptors (Lipinski definition) is 3. The van der Waals surface area contributed by atoms with Gasteiger partial charge in [-0.1, -0.05) is 11.6 Å². The number of halogens is 1. The fraction of sp³-hybridized carbons (Fsp3) is 0.400. The second kappa shape index (κ2) is 4.17. The first-order valence-corrected chi connectivity index (χ1v) is 5.24. The zero-order valence-corrected chi connectivity index (χ0v) is 9.44. The van der Waals surface area contributed by atoms with Crippen LogP contribution in [-0.2, 0) is 6.54 Å².